The second-order valence-electron chi connectivity index (χ2n) is 2.75. The lowest BCUT2D eigenvalue weighted by Gasteiger charge is -2.08. The Morgan fingerprint density at radius 1 is 1.33 bits per heavy atom. The van der Waals surface area contributed by atoms with Gasteiger partial charge in [-0.05, 0) is 22.0 Å². The Morgan fingerprint density at radius 2 is 2.07 bits per heavy atom. The van der Waals surface area contributed by atoms with Gasteiger partial charge in [-0.3, -0.25) is 0 Å². The van der Waals surface area contributed by atoms with Crippen molar-refractivity contribution in [2.45, 2.75) is 6.36 Å². The van der Waals surface area contributed by atoms with Gasteiger partial charge in [0.15, 0.2) is 0 Å². The van der Waals surface area contributed by atoms with Crippen molar-refractivity contribution >= 4 is 27.0 Å². The zero-order valence-electron chi connectivity index (χ0n) is 7.10. The molecule has 0 atom stereocenters. The van der Waals surface area contributed by atoms with Gasteiger partial charge in [0.1, 0.15) is 11.3 Å². The Bertz CT molecular complexity index is 494. The van der Waals surface area contributed by atoms with Crippen LogP contribution in [0.25, 0.3) is 11.0 Å². The lowest BCUT2D eigenvalue weighted by molar-refractivity contribution is -0.274. The third kappa shape index (κ3) is 2.23. The van der Waals surface area contributed by atoms with E-state index in [0.29, 0.717) is 15.5 Å². The molecule has 0 aliphatic rings. The topological polar surface area (TPSA) is 37.9 Å². The van der Waals surface area contributed by atoms with Crippen molar-refractivity contribution in [1.82, 2.24) is 9.97 Å². The summed E-state index contributed by atoms with van der Waals surface area (Å²) in [5.41, 5.74) is 1.04. The number of nitrogens with one attached hydrogen (secondary N) is 1. The summed E-state index contributed by atoms with van der Waals surface area (Å²) >= 11 is 3.10. The van der Waals surface area contributed by atoms with E-state index in [2.05, 4.69) is 30.6 Å². The van der Waals surface area contributed by atoms with Crippen LogP contribution in [0.3, 0.4) is 0 Å². The van der Waals surface area contributed by atoms with Gasteiger partial charge in [-0.15, -0.1) is 13.2 Å². The molecule has 1 aromatic heterocycles. The highest BCUT2D eigenvalue weighted by Gasteiger charge is 2.31. The third-order valence-corrected chi connectivity index (χ3v) is 2.29. The van der Waals surface area contributed by atoms with Gasteiger partial charge in [0, 0.05) is 10.5 Å². The molecule has 80 valence electrons. The van der Waals surface area contributed by atoms with Crippen molar-refractivity contribution in [2.75, 3.05) is 0 Å². The summed E-state index contributed by atoms with van der Waals surface area (Å²) in [5, 5.41) is 0. The minimum Gasteiger partial charge on any atom is -0.406 e. The monoisotopic (exact) mass is 280 g/mol. The van der Waals surface area contributed by atoms with Crippen LogP contribution in [-0.4, -0.2) is 16.3 Å². The molecule has 0 bridgehead atoms. The number of H-pyrrole nitrogens is 1. The van der Waals surface area contributed by atoms with E-state index in [-0.39, 0.29) is 5.75 Å². The van der Waals surface area contributed by atoms with E-state index in [0.717, 1.165) is 0 Å². The molecule has 0 fully saturated rings. The number of hydrogen-bond donors (Lipinski definition) is 1. The first-order valence-electron chi connectivity index (χ1n) is 3.84. The minimum absolute atomic E-state index is 0.286. The fourth-order valence-corrected chi connectivity index (χ4v) is 1.72. The Hall–Kier alpha value is -1.24. The van der Waals surface area contributed by atoms with Crippen molar-refractivity contribution in [1.29, 1.82) is 0 Å². The molecule has 0 saturated carbocycles. The van der Waals surface area contributed by atoms with Gasteiger partial charge in [-0.2, -0.15) is 0 Å². The lowest BCUT2D eigenvalue weighted by atomic mass is 10.3. The predicted molar refractivity (Wildman–Crippen MR) is 50.5 cm³/mol. The normalized spacial score (nSPS) is 12.0. The number of aromatic amines is 1. The van der Waals surface area contributed by atoms with Crippen molar-refractivity contribution in [2.24, 2.45) is 0 Å². The van der Waals surface area contributed by atoms with Gasteiger partial charge in [-0.25, -0.2) is 4.98 Å². The molecular formula is C8H4BrF3N2O. The summed E-state index contributed by atoms with van der Waals surface area (Å²) in [7, 11) is 0. The summed E-state index contributed by atoms with van der Waals surface area (Å²) in [6.45, 7) is 0. The number of imidazole rings is 1. The molecule has 0 radical (unpaired) electrons. The lowest BCUT2D eigenvalue weighted by Crippen LogP contribution is -2.17. The molecule has 0 amide bonds. The number of nitrogens with zero attached hydrogens (tertiary/aromatic N) is 1. The highest BCUT2D eigenvalue weighted by molar-refractivity contribution is 9.10. The number of rotatable bonds is 1. The predicted octanol–water partition coefficient (Wildman–Crippen LogP) is 3.22. The average Bonchev–Trinajstić information content (AvgIpc) is 2.48. The van der Waals surface area contributed by atoms with Crippen LogP contribution in [0.15, 0.2) is 22.9 Å². The SMILES string of the molecule is FC(F)(F)Oc1cc(Br)c2nc[nH]c2c1. The van der Waals surface area contributed by atoms with Crippen LogP contribution in [0.1, 0.15) is 0 Å². The molecule has 3 nitrogen and oxygen atoms in total. The van der Waals surface area contributed by atoms with E-state index < -0.39 is 6.36 Å². The molecule has 7 heteroatoms. The first kappa shape index (κ1) is 10.3. The Morgan fingerprint density at radius 3 is 2.73 bits per heavy atom. The number of halogens is 4. The second-order valence-corrected chi connectivity index (χ2v) is 3.61. The van der Waals surface area contributed by atoms with E-state index in [9.17, 15) is 13.2 Å². The molecule has 2 rings (SSSR count). The van der Waals surface area contributed by atoms with Crippen LogP contribution in [0.5, 0.6) is 5.75 Å². The molecule has 15 heavy (non-hydrogen) atoms. The Kier molecular flexibility index (Phi) is 2.34. The third-order valence-electron chi connectivity index (χ3n) is 1.68. The van der Waals surface area contributed by atoms with E-state index >= 15 is 0 Å². The number of aromatic nitrogens is 2. The maximum Gasteiger partial charge on any atom is 0.573 e. The van der Waals surface area contributed by atoms with E-state index in [1.807, 2.05) is 0 Å². The average molecular weight is 281 g/mol. The number of ether oxygens (including phenoxy) is 1. The molecule has 0 aliphatic heterocycles. The second kappa shape index (κ2) is 3.41. The smallest absolute Gasteiger partial charge is 0.406 e. The van der Waals surface area contributed by atoms with Gasteiger partial charge in [0.25, 0.3) is 0 Å². The molecule has 2 aromatic rings. The quantitative estimate of drug-likeness (QED) is 0.871. The largest absolute Gasteiger partial charge is 0.573 e. The molecule has 0 aliphatic carbocycles. The summed E-state index contributed by atoms with van der Waals surface area (Å²) < 4.78 is 40.0. The van der Waals surface area contributed by atoms with Crippen molar-refractivity contribution in [3.05, 3.63) is 22.9 Å². The van der Waals surface area contributed by atoms with Crippen molar-refractivity contribution in [3.63, 3.8) is 0 Å². The van der Waals surface area contributed by atoms with E-state index in [1.165, 1.54) is 18.5 Å². The van der Waals surface area contributed by atoms with Crippen LogP contribution in [-0.2, 0) is 0 Å². The molecule has 0 unspecified atom stereocenters. The maximum absolute atomic E-state index is 11.9. The summed E-state index contributed by atoms with van der Waals surface area (Å²) in [6.07, 6.45) is -3.29. The first-order valence-corrected chi connectivity index (χ1v) is 4.63. The van der Waals surface area contributed by atoms with Crippen LogP contribution in [0.2, 0.25) is 0 Å². The number of benzene rings is 1. The fourth-order valence-electron chi connectivity index (χ4n) is 1.17. The van der Waals surface area contributed by atoms with Gasteiger partial charge >= 0.3 is 6.36 Å². The van der Waals surface area contributed by atoms with Gasteiger partial charge in [0.2, 0.25) is 0 Å². The van der Waals surface area contributed by atoms with Crippen molar-refractivity contribution < 1.29 is 17.9 Å². The summed E-state index contributed by atoms with van der Waals surface area (Å²) in [6, 6.07) is 2.46. The number of fused-ring (bicyclic) bond motifs is 1. The summed E-state index contributed by atoms with van der Waals surface area (Å²) in [4.78, 5) is 6.61. The minimum atomic E-state index is -4.69. The summed E-state index contributed by atoms with van der Waals surface area (Å²) in [5.74, 6) is -0.286. The van der Waals surface area contributed by atoms with Gasteiger partial charge < -0.3 is 9.72 Å². The standard InChI is InChI=1S/C8H4BrF3N2O/c9-5-1-4(15-8(10,11)12)2-6-7(5)14-3-13-6/h1-3H,(H,13,14). The highest BCUT2D eigenvalue weighted by atomic mass is 79.9. The van der Waals surface area contributed by atoms with Crippen LogP contribution < -0.4 is 4.74 Å². The molecule has 1 heterocycles. The van der Waals surface area contributed by atoms with Crippen LogP contribution >= 0.6 is 15.9 Å². The zero-order valence-corrected chi connectivity index (χ0v) is 8.69. The maximum atomic E-state index is 11.9. The van der Waals surface area contributed by atoms with Crippen molar-refractivity contribution in [3.8, 4) is 5.75 Å². The fraction of sp³-hybridized carbons (Fsp3) is 0.125. The Labute approximate surface area is 90.4 Å². The molecule has 0 spiro atoms. The van der Waals surface area contributed by atoms with Crippen LogP contribution in [0, 0.1) is 0 Å². The number of hydrogen-bond acceptors (Lipinski definition) is 2. The molecule has 0 saturated heterocycles. The van der Waals surface area contributed by atoms with E-state index in [4.69, 9.17) is 0 Å². The van der Waals surface area contributed by atoms with E-state index in [1.54, 1.807) is 0 Å². The molecule has 1 aromatic carbocycles. The van der Waals surface area contributed by atoms with Gasteiger partial charge in [0.05, 0.1) is 11.8 Å². The van der Waals surface area contributed by atoms with Gasteiger partial charge in [-0.1, -0.05) is 0 Å². The molecule has 1 N–H and O–H groups in total. The first-order chi connectivity index (χ1) is 6.96. The highest BCUT2D eigenvalue weighted by Crippen LogP contribution is 2.30. The molecular weight excluding hydrogens is 277 g/mol. The zero-order chi connectivity index (χ0) is 11.1. The number of alkyl halides is 3. The Balaban J connectivity index is 2.45. The van der Waals surface area contributed by atoms with Crippen LogP contribution in [0.4, 0.5) is 13.2 Å².